The molecule has 1 aliphatic rings. The number of amides is 1. The summed E-state index contributed by atoms with van der Waals surface area (Å²) in [5.41, 5.74) is 0. The Labute approximate surface area is 391 Å². The Morgan fingerprint density at radius 1 is 0.547 bits per heavy atom. The number of rotatable bonds is 42. The first-order valence-corrected chi connectivity index (χ1v) is 25.8. The van der Waals surface area contributed by atoms with E-state index >= 15 is 0 Å². The van der Waals surface area contributed by atoms with Gasteiger partial charge in [0.15, 0.2) is 6.29 Å². The summed E-state index contributed by atoms with van der Waals surface area (Å²) in [5, 5.41) is 54.3. The number of carbonyl (C=O) groups excluding carboxylic acids is 1. The first kappa shape index (κ1) is 59.4. The lowest BCUT2D eigenvalue weighted by Gasteiger charge is -2.40. The molecule has 1 rings (SSSR count). The fourth-order valence-electron chi connectivity index (χ4n) is 7.59. The Morgan fingerprint density at radius 3 is 1.50 bits per heavy atom. The Hall–Kier alpha value is -2.63. The van der Waals surface area contributed by atoms with E-state index in [4.69, 9.17) is 9.47 Å². The molecule has 9 nitrogen and oxygen atoms in total. The summed E-state index contributed by atoms with van der Waals surface area (Å²) in [7, 11) is 0. The minimum atomic E-state index is -1.58. The van der Waals surface area contributed by atoms with Crippen molar-refractivity contribution < 1.29 is 39.8 Å². The van der Waals surface area contributed by atoms with Crippen LogP contribution in [-0.2, 0) is 14.3 Å². The lowest BCUT2D eigenvalue weighted by atomic mass is 9.99. The van der Waals surface area contributed by atoms with Crippen LogP contribution < -0.4 is 5.32 Å². The molecule has 368 valence electrons. The number of hydrogen-bond acceptors (Lipinski definition) is 8. The summed E-state index contributed by atoms with van der Waals surface area (Å²) in [6, 6.07) is -0.838. The van der Waals surface area contributed by atoms with Gasteiger partial charge in [0.05, 0.1) is 25.4 Å². The van der Waals surface area contributed by atoms with Gasteiger partial charge in [0.2, 0.25) is 5.91 Å². The molecule has 0 aromatic carbocycles. The molecule has 0 aliphatic carbocycles. The second kappa shape index (κ2) is 44.2. The van der Waals surface area contributed by atoms with Crippen molar-refractivity contribution in [1.82, 2.24) is 5.32 Å². The van der Waals surface area contributed by atoms with E-state index in [9.17, 15) is 30.3 Å². The molecule has 9 heteroatoms. The summed E-state index contributed by atoms with van der Waals surface area (Å²) in [5.74, 6) is -0.203. The summed E-state index contributed by atoms with van der Waals surface area (Å²) in [6.45, 7) is 3.63. The highest BCUT2D eigenvalue weighted by Crippen LogP contribution is 2.22. The zero-order chi connectivity index (χ0) is 46.6. The maximum Gasteiger partial charge on any atom is 0.220 e. The highest BCUT2D eigenvalue weighted by atomic mass is 16.7. The molecule has 1 heterocycles. The first-order chi connectivity index (χ1) is 31.3. The zero-order valence-electron chi connectivity index (χ0n) is 40.5. The average molecular weight is 898 g/mol. The lowest BCUT2D eigenvalue weighted by molar-refractivity contribution is -0.302. The highest BCUT2D eigenvalue weighted by Gasteiger charge is 2.44. The normalized spacial score (nSPS) is 20.8. The van der Waals surface area contributed by atoms with E-state index in [0.717, 1.165) is 89.9 Å². The number of nitrogens with one attached hydrogen (secondary N) is 1. The van der Waals surface area contributed by atoms with Gasteiger partial charge in [0, 0.05) is 6.42 Å². The molecule has 0 aromatic rings. The molecule has 1 fully saturated rings. The van der Waals surface area contributed by atoms with Gasteiger partial charge in [-0.2, -0.15) is 0 Å². The topological polar surface area (TPSA) is 149 Å². The number of ether oxygens (including phenoxy) is 2. The number of unbranched alkanes of at least 4 members (excludes halogenated alkanes) is 20. The van der Waals surface area contributed by atoms with Crippen molar-refractivity contribution >= 4 is 5.91 Å². The summed E-state index contributed by atoms with van der Waals surface area (Å²) < 4.78 is 11.2. The minimum Gasteiger partial charge on any atom is -0.394 e. The van der Waals surface area contributed by atoms with Crippen LogP contribution in [0.2, 0.25) is 0 Å². The predicted molar refractivity (Wildman–Crippen MR) is 267 cm³/mol. The molecule has 7 unspecified atom stereocenters. The van der Waals surface area contributed by atoms with Crippen LogP contribution in [0.3, 0.4) is 0 Å². The third-order valence-electron chi connectivity index (χ3n) is 11.7. The van der Waals surface area contributed by atoms with Gasteiger partial charge < -0.3 is 40.3 Å². The molecular weight excluding hydrogens is 803 g/mol. The molecule has 7 atom stereocenters. The van der Waals surface area contributed by atoms with E-state index in [1.54, 1.807) is 6.08 Å². The maximum absolute atomic E-state index is 13.0. The average Bonchev–Trinajstić information content (AvgIpc) is 3.29. The van der Waals surface area contributed by atoms with Gasteiger partial charge in [-0.3, -0.25) is 4.79 Å². The van der Waals surface area contributed by atoms with Crippen molar-refractivity contribution in [2.45, 2.75) is 243 Å². The molecule has 0 saturated carbocycles. The van der Waals surface area contributed by atoms with Crippen molar-refractivity contribution in [1.29, 1.82) is 0 Å². The highest BCUT2D eigenvalue weighted by molar-refractivity contribution is 5.76. The maximum atomic E-state index is 13.0. The van der Waals surface area contributed by atoms with Gasteiger partial charge in [-0.15, -0.1) is 0 Å². The molecule has 1 saturated heterocycles. The zero-order valence-corrected chi connectivity index (χ0v) is 40.5. The second-order valence-corrected chi connectivity index (χ2v) is 17.6. The van der Waals surface area contributed by atoms with Gasteiger partial charge in [0.1, 0.15) is 24.4 Å². The van der Waals surface area contributed by atoms with Crippen molar-refractivity contribution in [2.75, 3.05) is 13.2 Å². The molecule has 1 amide bonds. The van der Waals surface area contributed by atoms with Gasteiger partial charge >= 0.3 is 0 Å². The van der Waals surface area contributed by atoms with Crippen molar-refractivity contribution in [2.24, 2.45) is 0 Å². The lowest BCUT2D eigenvalue weighted by Crippen LogP contribution is -2.60. The number of aliphatic hydroxyl groups excluding tert-OH is 5. The van der Waals surface area contributed by atoms with Crippen LogP contribution in [0.15, 0.2) is 85.1 Å². The van der Waals surface area contributed by atoms with Crippen LogP contribution in [0.4, 0.5) is 0 Å². The van der Waals surface area contributed by atoms with Gasteiger partial charge in [-0.1, -0.05) is 195 Å². The quantitative estimate of drug-likeness (QED) is 0.0262. The van der Waals surface area contributed by atoms with Crippen LogP contribution >= 0.6 is 0 Å². The van der Waals surface area contributed by atoms with E-state index < -0.39 is 49.5 Å². The van der Waals surface area contributed by atoms with Gasteiger partial charge in [-0.05, 0) is 83.5 Å². The van der Waals surface area contributed by atoms with E-state index in [2.05, 4.69) is 92.1 Å². The van der Waals surface area contributed by atoms with E-state index in [1.807, 2.05) is 6.08 Å². The summed E-state index contributed by atoms with van der Waals surface area (Å²) in [6.07, 6.45) is 54.8. The third kappa shape index (κ3) is 33.8. The fraction of sp³-hybridized carbons (Fsp3) is 0.727. The van der Waals surface area contributed by atoms with Crippen LogP contribution in [0.1, 0.15) is 200 Å². The molecular formula is C55H95NO8. The molecule has 6 N–H and O–H groups in total. The SMILES string of the molecule is CC/C=C\C/C=C\C/C=C\C/C=C\CCCCCCCCCCC(=O)NC(COC1OC(CO)C(O)C(O)C1O)C(O)/C=C/CC/C=C/CC/C=C/CCCCCCCCCCCC. The largest absolute Gasteiger partial charge is 0.394 e. The monoisotopic (exact) mass is 898 g/mol. The number of allylic oxidation sites excluding steroid dienone is 13. The molecule has 0 radical (unpaired) electrons. The fourth-order valence-corrected chi connectivity index (χ4v) is 7.59. The van der Waals surface area contributed by atoms with Crippen molar-refractivity contribution in [3.63, 3.8) is 0 Å². The van der Waals surface area contributed by atoms with E-state index in [-0.39, 0.29) is 12.5 Å². The molecule has 0 bridgehead atoms. The summed E-state index contributed by atoms with van der Waals surface area (Å²) in [4.78, 5) is 13.0. The Bertz CT molecular complexity index is 1270. The number of hydrogen-bond donors (Lipinski definition) is 6. The first-order valence-electron chi connectivity index (χ1n) is 25.8. The standard InChI is InChI=1S/C55H95NO8/c1-3-5-7-9-11-13-15-17-19-21-23-25-27-29-31-33-35-37-39-41-43-45-51(59)56-48(47-63-55-54(62)53(61)52(60)50(46-57)64-55)49(58)44-42-40-38-36-34-32-30-28-26-24-22-20-18-16-14-12-10-8-6-4-2/h5,7,11,13,17,19,23,25-26,28,34,36,42,44,48-50,52-55,57-58,60-62H,3-4,6,8-10,12,14-16,18,20-22,24,27,29-33,35,37-41,43,45-47H2,1-2H3,(H,56,59)/b7-5-,13-11-,19-17-,25-23-,28-26+,36-34+,44-42+. The van der Waals surface area contributed by atoms with Gasteiger partial charge in [0.25, 0.3) is 0 Å². The Kier molecular flexibility index (Phi) is 41.0. The van der Waals surface area contributed by atoms with Crippen molar-refractivity contribution in [3.05, 3.63) is 85.1 Å². The Balaban J connectivity index is 2.35. The molecule has 0 aromatic heterocycles. The summed E-state index contributed by atoms with van der Waals surface area (Å²) >= 11 is 0. The van der Waals surface area contributed by atoms with Crippen LogP contribution in [0.5, 0.6) is 0 Å². The Morgan fingerprint density at radius 2 is 0.984 bits per heavy atom. The third-order valence-corrected chi connectivity index (χ3v) is 11.7. The van der Waals surface area contributed by atoms with E-state index in [1.165, 1.54) is 89.9 Å². The molecule has 1 aliphatic heterocycles. The number of carbonyl (C=O) groups is 1. The minimum absolute atomic E-state index is 0.203. The van der Waals surface area contributed by atoms with Crippen LogP contribution in [0.25, 0.3) is 0 Å². The second-order valence-electron chi connectivity index (χ2n) is 17.6. The van der Waals surface area contributed by atoms with Gasteiger partial charge in [-0.25, -0.2) is 0 Å². The predicted octanol–water partition coefficient (Wildman–Crippen LogP) is 11.9. The smallest absolute Gasteiger partial charge is 0.220 e. The number of aliphatic hydroxyl groups is 5. The van der Waals surface area contributed by atoms with Crippen LogP contribution in [0, 0.1) is 0 Å². The molecule has 0 spiro atoms. The van der Waals surface area contributed by atoms with E-state index in [0.29, 0.717) is 6.42 Å². The van der Waals surface area contributed by atoms with Crippen molar-refractivity contribution in [3.8, 4) is 0 Å². The molecule has 64 heavy (non-hydrogen) atoms. The van der Waals surface area contributed by atoms with Crippen LogP contribution in [-0.4, -0.2) is 87.5 Å².